The molecule has 0 radical (unpaired) electrons. The van der Waals surface area contributed by atoms with Gasteiger partial charge in [0.15, 0.2) is 11.5 Å². The molecule has 126 valence electrons. The van der Waals surface area contributed by atoms with Crippen LogP contribution in [0.25, 0.3) is 0 Å². The van der Waals surface area contributed by atoms with Gasteiger partial charge in [-0.1, -0.05) is 0 Å². The second-order valence-corrected chi connectivity index (χ2v) is 8.98. The predicted octanol–water partition coefficient (Wildman–Crippen LogP) is 2.90. The van der Waals surface area contributed by atoms with E-state index in [-0.39, 0.29) is 12.8 Å². The summed E-state index contributed by atoms with van der Waals surface area (Å²) >= 11 is 1.60. The molecular weight excluding hydrogens is 348 g/mol. The number of sulfonamides is 1. The van der Waals surface area contributed by atoms with E-state index in [0.717, 1.165) is 21.0 Å². The van der Waals surface area contributed by atoms with Crippen LogP contribution in [0.4, 0.5) is 0 Å². The quantitative estimate of drug-likeness (QED) is 0.840. The maximum absolute atomic E-state index is 12.2. The summed E-state index contributed by atoms with van der Waals surface area (Å²) in [7, 11) is -3.45. The van der Waals surface area contributed by atoms with Crippen LogP contribution in [0.2, 0.25) is 0 Å². The normalized spacial score (nSPS) is 19.7. The van der Waals surface area contributed by atoms with Crippen molar-refractivity contribution in [2.45, 2.75) is 19.4 Å². The number of hydrogen-bond acceptors (Lipinski definition) is 6. The van der Waals surface area contributed by atoms with Crippen LogP contribution in [0.5, 0.6) is 11.5 Å². The molecule has 1 aromatic heterocycles. The molecule has 0 saturated carbocycles. The fraction of sp³-hybridized carbons (Fsp3) is 0.312. The van der Waals surface area contributed by atoms with Crippen LogP contribution in [0.15, 0.2) is 35.4 Å². The lowest BCUT2D eigenvalue weighted by atomic mass is 10.0. The first-order valence-electron chi connectivity index (χ1n) is 7.45. The third-order valence-corrected chi connectivity index (χ3v) is 6.13. The summed E-state index contributed by atoms with van der Waals surface area (Å²) in [6.45, 7) is 2.21. The lowest BCUT2D eigenvalue weighted by molar-refractivity contribution is 0.174. The van der Waals surface area contributed by atoms with Gasteiger partial charge in [-0.05, 0) is 37.3 Å². The standard InChI is InChI=1S/C16H16N2O4S2/c1-10-3-6-16(23-10)13-8-12(17-18(13)24(2,19)20)11-4-5-14-15(7-11)22-9-21-14/h3-7,13H,8-9H2,1-2H3. The van der Waals surface area contributed by atoms with Gasteiger partial charge in [-0.3, -0.25) is 0 Å². The Kier molecular flexibility index (Phi) is 3.54. The van der Waals surface area contributed by atoms with Gasteiger partial charge in [-0.25, -0.2) is 8.42 Å². The number of ether oxygens (including phenoxy) is 2. The van der Waals surface area contributed by atoms with Gasteiger partial charge in [0.25, 0.3) is 0 Å². The average molecular weight is 364 g/mol. The van der Waals surface area contributed by atoms with Crippen molar-refractivity contribution >= 4 is 27.1 Å². The number of benzene rings is 1. The first-order chi connectivity index (χ1) is 11.4. The van der Waals surface area contributed by atoms with Crippen LogP contribution in [0.1, 0.15) is 27.8 Å². The second kappa shape index (κ2) is 5.49. The first-order valence-corrected chi connectivity index (χ1v) is 10.1. The Bertz CT molecular complexity index is 933. The van der Waals surface area contributed by atoms with Crippen molar-refractivity contribution in [3.63, 3.8) is 0 Å². The fourth-order valence-electron chi connectivity index (χ4n) is 2.89. The van der Waals surface area contributed by atoms with Gasteiger partial charge in [-0.15, -0.1) is 11.3 Å². The Hall–Kier alpha value is -2.06. The Balaban J connectivity index is 1.72. The Morgan fingerprint density at radius 2 is 2.00 bits per heavy atom. The van der Waals surface area contributed by atoms with Crippen LogP contribution in [-0.4, -0.2) is 31.6 Å². The molecule has 0 N–H and O–H groups in total. The molecule has 0 bridgehead atoms. The predicted molar refractivity (Wildman–Crippen MR) is 92.2 cm³/mol. The molecule has 0 saturated heterocycles. The van der Waals surface area contributed by atoms with Crippen LogP contribution < -0.4 is 9.47 Å². The van der Waals surface area contributed by atoms with E-state index in [2.05, 4.69) is 5.10 Å². The lowest BCUT2D eigenvalue weighted by Crippen LogP contribution is -2.25. The maximum atomic E-state index is 12.2. The van der Waals surface area contributed by atoms with Crippen LogP contribution in [-0.2, 0) is 10.0 Å². The van der Waals surface area contributed by atoms with Crippen molar-refractivity contribution in [1.82, 2.24) is 4.41 Å². The third-order valence-electron chi connectivity index (χ3n) is 4.01. The van der Waals surface area contributed by atoms with E-state index in [1.165, 1.54) is 10.7 Å². The minimum absolute atomic E-state index is 0.206. The van der Waals surface area contributed by atoms with Gasteiger partial charge >= 0.3 is 0 Å². The van der Waals surface area contributed by atoms with Crippen LogP contribution in [0.3, 0.4) is 0 Å². The monoisotopic (exact) mass is 364 g/mol. The molecule has 6 nitrogen and oxygen atoms in total. The molecule has 1 aromatic carbocycles. The molecule has 2 aliphatic heterocycles. The number of thiophene rings is 1. The summed E-state index contributed by atoms with van der Waals surface area (Å²) in [6.07, 6.45) is 1.72. The number of fused-ring (bicyclic) bond motifs is 1. The van der Waals surface area contributed by atoms with Crippen LogP contribution in [0, 0.1) is 6.92 Å². The zero-order valence-electron chi connectivity index (χ0n) is 13.2. The Labute approximate surface area is 144 Å². The summed E-state index contributed by atoms with van der Waals surface area (Å²) in [5.74, 6) is 1.36. The van der Waals surface area contributed by atoms with E-state index in [4.69, 9.17) is 9.47 Å². The van der Waals surface area contributed by atoms with E-state index < -0.39 is 10.0 Å². The highest BCUT2D eigenvalue weighted by atomic mass is 32.2. The van der Waals surface area contributed by atoms with E-state index >= 15 is 0 Å². The number of nitrogens with zero attached hydrogens (tertiary/aromatic N) is 2. The van der Waals surface area contributed by atoms with E-state index in [1.54, 1.807) is 11.3 Å². The Morgan fingerprint density at radius 3 is 2.71 bits per heavy atom. The molecule has 0 spiro atoms. The van der Waals surface area contributed by atoms with Gasteiger partial charge in [0, 0.05) is 21.7 Å². The molecule has 8 heteroatoms. The molecule has 1 unspecified atom stereocenters. The van der Waals surface area contributed by atoms with E-state index in [1.807, 2.05) is 37.3 Å². The average Bonchev–Trinajstić information content (AvgIpc) is 3.23. The largest absolute Gasteiger partial charge is 0.454 e. The summed E-state index contributed by atoms with van der Waals surface area (Å²) in [5.41, 5.74) is 1.58. The number of rotatable bonds is 3. The van der Waals surface area contributed by atoms with E-state index in [0.29, 0.717) is 17.9 Å². The first kappa shape index (κ1) is 15.5. The van der Waals surface area contributed by atoms with Crippen molar-refractivity contribution in [2.75, 3.05) is 13.0 Å². The zero-order valence-corrected chi connectivity index (χ0v) is 14.9. The molecule has 0 aliphatic carbocycles. The summed E-state index contributed by atoms with van der Waals surface area (Å²) in [4.78, 5) is 2.15. The summed E-state index contributed by atoms with van der Waals surface area (Å²) < 4.78 is 36.3. The maximum Gasteiger partial charge on any atom is 0.247 e. The van der Waals surface area contributed by atoms with E-state index in [9.17, 15) is 8.42 Å². The summed E-state index contributed by atoms with van der Waals surface area (Å²) in [5, 5.41) is 4.39. The van der Waals surface area contributed by atoms with Crippen molar-refractivity contribution in [3.8, 4) is 11.5 Å². The lowest BCUT2D eigenvalue weighted by Gasteiger charge is -2.19. The molecule has 24 heavy (non-hydrogen) atoms. The molecule has 2 aromatic rings. The van der Waals surface area contributed by atoms with Gasteiger partial charge in [0.05, 0.1) is 12.0 Å². The highest BCUT2D eigenvalue weighted by Gasteiger charge is 2.35. The fourth-order valence-corrected chi connectivity index (χ4v) is 4.82. The molecule has 3 heterocycles. The number of aryl methyl sites for hydroxylation is 1. The number of hydrogen-bond donors (Lipinski definition) is 0. The Morgan fingerprint density at radius 1 is 1.21 bits per heavy atom. The number of hydrazone groups is 1. The molecule has 1 atom stereocenters. The molecule has 0 amide bonds. The SMILES string of the molecule is Cc1ccc(C2CC(c3ccc4c(c3)OCO4)=NN2S(C)(=O)=O)s1. The molecule has 0 fully saturated rings. The molecular formula is C16H16N2O4S2. The summed E-state index contributed by atoms with van der Waals surface area (Å²) in [6, 6.07) is 9.24. The smallest absolute Gasteiger partial charge is 0.247 e. The minimum atomic E-state index is -3.45. The molecule has 2 aliphatic rings. The van der Waals surface area contributed by atoms with Gasteiger partial charge < -0.3 is 9.47 Å². The zero-order chi connectivity index (χ0) is 16.9. The molecule has 4 rings (SSSR count). The third kappa shape index (κ3) is 2.65. The van der Waals surface area contributed by atoms with Gasteiger partial charge in [0.1, 0.15) is 6.04 Å². The second-order valence-electron chi connectivity index (χ2n) is 5.82. The topological polar surface area (TPSA) is 68.2 Å². The van der Waals surface area contributed by atoms with Crippen molar-refractivity contribution in [1.29, 1.82) is 0 Å². The highest BCUT2D eigenvalue weighted by molar-refractivity contribution is 7.88. The van der Waals surface area contributed by atoms with Gasteiger partial charge in [-0.2, -0.15) is 9.52 Å². The van der Waals surface area contributed by atoms with Crippen molar-refractivity contribution in [3.05, 3.63) is 45.6 Å². The minimum Gasteiger partial charge on any atom is -0.454 e. The van der Waals surface area contributed by atoms with Crippen molar-refractivity contribution in [2.24, 2.45) is 5.10 Å². The van der Waals surface area contributed by atoms with Gasteiger partial charge in [0.2, 0.25) is 16.8 Å². The van der Waals surface area contributed by atoms with Crippen molar-refractivity contribution < 1.29 is 17.9 Å². The highest BCUT2D eigenvalue weighted by Crippen LogP contribution is 2.39. The van der Waals surface area contributed by atoms with Crippen LogP contribution >= 0.6 is 11.3 Å².